The Labute approximate surface area is 137 Å². The summed E-state index contributed by atoms with van der Waals surface area (Å²) in [5, 5.41) is 0.0728. The van der Waals surface area contributed by atoms with Crippen molar-refractivity contribution in [3.63, 3.8) is 0 Å². The smallest absolute Gasteiger partial charge is 0.124 e. The second-order valence-corrected chi connectivity index (χ2v) is 7.54. The standard InChI is InChI=1S/C18H25ClO3/c1-12(2)18-10-16(17(3,22-18)9-15(18)19)21-11-13-7-5-6-8-14(13)20-4/h5-8,12,15-16H,9-11H2,1-4H3. The van der Waals surface area contributed by atoms with E-state index in [1.807, 2.05) is 24.3 Å². The molecule has 2 heterocycles. The number of ether oxygens (including phenoxy) is 3. The summed E-state index contributed by atoms with van der Waals surface area (Å²) in [6, 6.07) is 7.97. The molecule has 3 nitrogen and oxygen atoms in total. The average molecular weight is 325 g/mol. The lowest BCUT2D eigenvalue weighted by molar-refractivity contribution is -0.0958. The molecule has 0 N–H and O–H groups in total. The number of para-hydroxylation sites is 1. The normalized spacial score (nSPS) is 37.0. The van der Waals surface area contributed by atoms with E-state index in [1.165, 1.54) is 0 Å². The molecule has 4 unspecified atom stereocenters. The number of methoxy groups -OCH3 is 1. The second kappa shape index (κ2) is 5.70. The molecule has 2 aliphatic rings. The van der Waals surface area contributed by atoms with E-state index in [4.69, 9.17) is 25.8 Å². The zero-order valence-corrected chi connectivity index (χ0v) is 14.5. The van der Waals surface area contributed by atoms with Gasteiger partial charge in [-0.1, -0.05) is 32.0 Å². The number of rotatable bonds is 5. The van der Waals surface area contributed by atoms with Crippen LogP contribution in [0.5, 0.6) is 5.75 Å². The molecule has 1 aromatic carbocycles. The lowest BCUT2D eigenvalue weighted by Crippen LogP contribution is -2.45. The van der Waals surface area contributed by atoms with Gasteiger partial charge in [-0.3, -0.25) is 0 Å². The van der Waals surface area contributed by atoms with Gasteiger partial charge >= 0.3 is 0 Å². The SMILES string of the molecule is COc1ccccc1COC1CC2(C(C)C)OC1(C)CC2Cl. The van der Waals surface area contributed by atoms with E-state index in [-0.39, 0.29) is 22.7 Å². The van der Waals surface area contributed by atoms with Crippen molar-refractivity contribution in [3.8, 4) is 5.75 Å². The molecule has 122 valence electrons. The fourth-order valence-corrected chi connectivity index (χ4v) is 4.60. The highest BCUT2D eigenvalue weighted by molar-refractivity contribution is 6.21. The van der Waals surface area contributed by atoms with Gasteiger partial charge in [0, 0.05) is 12.0 Å². The first-order valence-electron chi connectivity index (χ1n) is 7.99. The summed E-state index contributed by atoms with van der Waals surface area (Å²) < 4.78 is 18.0. The van der Waals surface area contributed by atoms with Crippen LogP contribution in [0.4, 0.5) is 0 Å². The van der Waals surface area contributed by atoms with E-state index in [0.29, 0.717) is 12.5 Å². The largest absolute Gasteiger partial charge is 0.496 e. The first kappa shape index (κ1) is 16.1. The quantitative estimate of drug-likeness (QED) is 0.761. The molecule has 2 bridgehead atoms. The van der Waals surface area contributed by atoms with Gasteiger partial charge in [0.25, 0.3) is 0 Å². The molecule has 2 saturated heterocycles. The van der Waals surface area contributed by atoms with Crippen molar-refractivity contribution in [2.75, 3.05) is 7.11 Å². The average Bonchev–Trinajstić information content (AvgIpc) is 2.93. The topological polar surface area (TPSA) is 27.7 Å². The highest BCUT2D eigenvalue weighted by Crippen LogP contribution is 2.57. The molecular weight excluding hydrogens is 300 g/mol. The Balaban J connectivity index is 1.72. The van der Waals surface area contributed by atoms with Crippen molar-refractivity contribution < 1.29 is 14.2 Å². The molecule has 0 amide bonds. The fraction of sp³-hybridized carbons (Fsp3) is 0.667. The molecule has 22 heavy (non-hydrogen) atoms. The van der Waals surface area contributed by atoms with Crippen molar-refractivity contribution in [3.05, 3.63) is 29.8 Å². The maximum atomic E-state index is 6.58. The summed E-state index contributed by atoms with van der Waals surface area (Å²) in [7, 11) is 1.69. The van der Waals surface area contributed by atoms with Crippen LogP contribution in [-0.2, 0) is 16.1 Å². The van der Waals surface area contributed by atoms with E-state index in [1.54, 1.807) is 7.11 Å². The Morgan fingerprint density at radius 3 is 2.68 bits per heavy atom. The van der Waals surface area contributed by atoms with E-state index in [0.717, 1.165) is 24.2 Å². The molecule has 1 aromatic rings. The van der Waals surface area contributed by atoms with Crippen LogP contribution in [-0.4, -0.2) is 29.8 Å². The highest BCUT2D eigenvalue weighted by Gasteiger charge is 2.65. The lowest BCUT2D eigenvalue weighted by atomic mass is 9.75. The van der Waals surface area contributed by atoms with Crippen LogP contribution < -0.4 is 4.74 Å². The molecule has 4 atom stereocenters. The van der Waals surface area contributed by atoms with E-state index in [9.17, 15) is 0 Å². The molecule has 2 fully saturated rings. The van der Waals surface area contributed by atoms with Crippen LogP contribution in [0.15, 0.2) is 24.3 Å². The molecule has 0 radical (unpaired) electrons. The lowest BCUT2D eigenvalue weighted by Gasteiger charge is -2.35. The third-order valence-corrected chi connectivity index (χ3v) is 5.86. The number of halogens is 1. The van der Waals surface area contributed by atoms with Crippen LogP contribution in [0.1, 0.15) is 39.2 Å². The van der Waals surface area contributed by atoms with Crippen molar-refractivity contribution in [1.82, 2.24) is 0 Å². The molecule has 0 aromatic heterocycles. The van der Waals surface area contributed by atoms with Crippen LogP contribution in [0, 0.1) is 5.92 Å². The third-order valence-electron chi connectivity index (χ3n) is 5.33. The minimum atomic E-state index is -0.279. The summed E-state index contributed by atoms with van der Waals surface area (Å²) in [6.07, 6.45) is 1.79. The predicted octanol–water partition coefficient (Wildman–Crippen LogP) is 4.17. The van der Waals surface area contributed by atoms with Crippen molar-refractivity contribution >= 4 is 11.6 Å². The van der Waals surface area contributed by atoms with Crippen LogP contribution in [0.2, 0.25) is 0 Å². The van der Waals surface area contributed by atoms with Crippen molar-refractivity contribution in [2.45, 2.75) is 62.9 Å². The predicted molar refractivity (Wildman–Crippen MR) is 87.5 cm³/mol. The van der Waals surface area contributed by atoms with Gasteiger partial charge in [0.2, 0.25) is 0 Å². The maximum absolute atomic E-state index is 6.58. The minimum Gasteiger partial charge on any atom is -0.496 e. The van der Waals surface area contributed by atoms with Crippen LogP contribution in [0.25, 0.3) is 0 Å². The summed E-state index contributed by atoms with van der Waals surface area (Å²) >= 11 is 6.58. The van der Waals surface area contributed by atoms with Crippen molar-refractivity contribution in [1.29, 1.82) is 0 Å². The van der Waals surface area contributed by atoms with Crippen molar-refractivity contribution in [2.24, 2.45) is 5.92 Å². The molecule has 0 saturated carbocycles. The monoisotopic (exact) mass is 324 g/mol. The third kappa shape index (κ3) is 2.44. The van der Waals surface area contributed by atoms with Gasteiger partial charge in [-0.15, -0.1) is 11.6 Å². The Morgan fingerprint density at radius 2 is 2.05 bits per heavy atom. The second-order valence-electron chi connectivity index (χ2n) is 7.01. The zero-order chi connectivity index (χ0) is 16.0. The Morgan fingerprint density at radius 1 is 1.32 bits per heavy atom. The Kier molecular flexibility index (Phi) is 4.17. The zero-order valence-electron chi connectivity index (χ0n) is 13.8. The number of alkyl halides is 1. The van der Waals surface area contributed by atoms with E-state index >= 15 is 0 Å². The molecule has 0 spiro atoms. The van der Waals surface area contributed by atoms with Gasteiger partial charge in [-0.25, -0.2) is 0 Å². The first-order valence-corrected chi connectivity index (χ1v) is 8.42. The van der Waals surface area contributed by atoms with Crippen LogP contribution in [0.3, 0.4) is 0 Å². The minimum absolute atomic E-state index is 0.0728. The van der Waals surface area contributed by atoms with Gasteiger partial charge in [-0.05, 0) is 25.3 Å². The Bertz CT molecular complexity index is 547. The number of fused-ring (bicyclic) bond motifs is 2. The Hall–Kier alpha value is -0.770. The van der Waals surface area contributed by atoms with E-state index < -0.39 is 0 Å². The summed E-state index contributed by atoms with van der Waals surface area (Å²) in [5.41, 5.74) is 0.540. The first-order chi connectivity index (χ1) is 10.4. The van der Waals surface area contributed by atoms with Gasteiger partial charge < -0.3 is 14.2 Å². The maximum Gasteiger partial charge on any atom is 0.124 e. The van der Waals surface area contributed by atoms with Gasteiger partial charge in [0.1, 0.15) is 5.75 Å². The fourth-order valence-electron chi connectivity index (χ4n) is 3.90. The summed E-state index contributed by atoms with van der Waals surface area (Å²) in [5.74, 6) is 1.25. The molecule has 0 aliphatic carbocycles. The number of hydrogen-bond donors (Lipinski definition) is 0. The van der Waals surface area contributed by atoms with Gasteiger partial charge in [0.05, 0.1) is 36.4 Å². The molecule has 4 heteroatoms. The molecular formula is C18H25ClO3. The van der Waals surface area contributed by atoms with E-state index in [2.05, 4.69) is 20.8 Å². The highest BCUT2D eigenvalue weighted by atomic mass is 35.5. The van der Waals surface area contributed by atoms with Gasteiger partial charge in [-0.2, -0.15) is 0 Å². The summed E-state index contributed by atoms with van der Waals surface area (Å²) in [4.78, 5) is 0. The number of hydrogen-bond acceptors (Lipinski definition) is 3. The van der Waals surface area contributed by atoms with Crippen LogP contribution >= 0.6 is 11.6 Å². The van der Waals surface area contributed by atoms with Gasteiger partial charge in [0.15, 0.2) is 0 Å². The number of benzene rings is 1. The summed E-state index contributed by atoms with van der Waals surface area (Å²) in [6.45, 7) is 7.04. The molecule has 2 aliphatic heterocycles. The molecule has 3 rings (SSSR count).